The van der Waals surface area contributed by atoms with E-state index in [4.69, 9.17) is 0 Å². The van der Waals surface area contributed by atoms with Gasteiger partial charge in [-0.05, 0) is 0 Å². The van der Waals surface area contributed by atoms with Crippen molar-refractivity contribution >= 4 is 3.21 Å². The molecule has 0 nitrogen and oxygen atoms in total. The van der Waals surface area contributed by atoms with E-state index in [0.29, 0.717) is 3.63 Å². The van der Waals surface area contributed by atoms with Crippen LogP contribution < -0.4 is 0 Å². The van der Waals surface area contributed by atoms with Crippen molar-refractivity contribution in [1.29, 1.82) is 0 Å². The Kier molecular flexibility index (Phi) is 7.33. The molecule has 3 aliphatic carbocycles. The standard InChI is InChI=1S/C33H33.C5H5.C4H6.Zr/c1-32(2,3)30-20-26-24(18-28(30)22-13-9-7-10-14-22)17-25-19-29(23-15-11-8-12-16-23)31(21-27(25)26)33(4,5)6;1-2-4-5-3-1;1-2-4-3-1;/h7-21H,1-6H3;1-3H,4H2;1-3H2;. The number of allylic oxidation sites excluding steroid dienone is 4. The van der Waals surface area contributed by atoms with E-state index in [2.05, 4.69) is 145 Å². The van der Waals surface area contributed by atoms with Crippen molar-refractivity contribution in [2.75, 3.05) is 0 Å². The second-order valence-corrected chi connectivity index (χ2v) is 21.6. The maximum absolute atomic E-state index is 2.65. The molecule has 0 aromatic heterocycles. The molecule has 43 heavy (non-hydrogen) atoms. The molecule has 0 amide bonds. The molecule has 1 heteroatoms. The molecular weight excluding hydrogens is 596 g/mol. The molecular formula is C42H44Zr. The second kappa shape index (κ2) is 10.9. The summed E-state index contributed by atoms with van der Waals surface area (Å²) in [5.74, 6) is 0. The first-order valence-corrected chi connectivity index (χ1v) is 20.0. The summed E-state index contributed by atoms with van der Waals surface area (Å²) in [5.41, 5.74) is 14.7. The first-order chi connectivity index (χ1) is 20.6. The van der Waals surface area contributed by atoms with Gasteiger partial charge in [-0.3, -0.25) is 0 Å². The summed E-state index contributed by atoms with van der Waals surface area (Å²) >= 11 is -2.24. The van der Waals surface area contributed by atoms with Crippen LogP contribution >= 0.6 is 0 Å². The van der Waals surface area contributed by atoms with Gasteiger partial charge in [-0.2, -0.15) is 0 Å². The molecule has 0 spiro atoms. The Hall–Kier alpha value is -2.89. The summed E-state index contributed by atoms with van der Waals surface area (Å²) in [6.07, 6.45) is 12.5. The van der Waals surface area contributed by atoms with Crippen LogP contribution in [0.2, 0.25) is 0 Å². The molecule has 0 N–H and O–H groups in total. The molecule has 4 aromatic rings. The third-order valence-electron chi connectivity index (χ3n) is 9.82. The fourth-order valence-electron chi connectivity index (χ4n) is 7.50. The Morgan fingerprint density at radius 3 is 1.47 bits per heavy atom. The van der Waals surface area contributed by atoms with Gasteiger partial charge in [0.2, 0.25) is 0 Å². The van der Waals surface area contributed by atoms with Crippen molar-refractivity contribution in [2.45, 2.75) is 81.7 Å². The predicted octanol–water partition coefficient (Wildman–Crippen LogP) is 11.5. The topological polar surface area (TPSA) is 0 Å². The average Bonchev–Trinajstić information content (AvgIpc) is 3.60. The van der Waals surface area contributed by atoms with Gasteiger partial charge >= 0.3 is 268 Å². The molecule has 1 fully saturated rings. The third kappa shape index (κ3) is 5.17. The van der Waals surface area contributed by atoms with Gasteiger partial charge in [0.05, 0.1) is 0 Å². The van der Waals surface area contributed by atoms with E-state index in [0.717, 1.165) is 6.42 Å². The van der Waals surface area contributed by atoms with E-state index in [1.807, 2.05) is 3.21 Å². The monoisotopic (exact) mass is 638 g/mol. The summed E-state index contributed by atoms with van der Waals surface area (Å²) < 4.78 is 4.27. The Balaban J connectivity index is 1.57. The van der Waals surface area contributed by atoms with Crippen LogP contribution in [0.3, 0.4) is 0 Å². The maximum atomic E-state index is 2.65. The zero-order chi connectivity index (χ0) is 29.9. The van der Waals surface area contributed by atoms with Crippen LogP contribution in [0.4, 0.5) is 0 Å². The Labute approximate surface area is 266 Å². The molecule has 0 bridgehead atoms. The number of rotatable bonds is 4. The van der Waals surface area contributed by atoms with Crippen molar-refractivity contribution < 1.29 is 21.3 Å². The van der Waals surface area contributed by atoms with Gasteiger partial charge in [-0.1, -0.05) is 0 Å². The molecule has 216 valence electrons. The minimum atomic E-state index is -2.24. The number of hydrogen-bond acceptors (Lipinski definition) is 0. The second-order valence-electron chi connectivity index (χ2n) is 14.8. The van der Waals surface area contributed by atoms with Crippen molar-refractivity contribution in [3.05, 3.63) is 129 Å². The zero-order valence-corrected chi connectivity index (χ0v) is 29.2. The van der Waals surface area contributed by atoms with Crippen molar-refractivity contribution in [1.82, 2.24) is 0 Å². The predicted molar refractivity (Wildman–Crippen MR) is 183 cm³/mol. The van der Waals surface area contributed by atoms with E-state index >= 15 is 0 Å². The average molecular weight is 640 g/mol. The van der Waals surface area contributed by atoms with E-state index in [-0.39, 0.29) is 10.8 Å². The molecule has 3 aliphatic rings. The van der Waals surface area contributed by atoms with E-state index in [9.17, 15) is 0 Å². The van der Waals surface area contributed by atoms with Gasteiger partial charge in [0, 0.05) is 0 Å². The van der Waals surface area contributed by atoms with Gasteiger partial charge in [0.25, 0.3) is 0 Å². The quantitative estimate of drug-likeness (QED) is 0.208. The van der Waals surface area contributed by atoms with Crippen LogP contribution in [0, 0.1) is 0 Å². The van der Waals surface area contributed by atoms with E-state index in [1.165, 1.54) is 63.8 Å². The number of benzene rings is 4. The van der Waals surface area contributed by atoms with Crippen molar-refractivity contribution in [3.8, 4) is 33.4 Å². The van der Waals surface area contributed by atoms with Crippen molar-refractivity contribution in [2.24, 2.45) is 0 Å². The van der Waals surface area contributed by atoms with E-state index < -0.39 is 21.3 Å². The van der Waals surface area contributed by atoms with Gasteiger partial charge < -0.3 is 0 Å². The SMILES string of the molecule is CC(C)(C)c1cc2c(cc1-c1ccccc1)[CH]([Zr]([C]1=CC=CC1)=[C]1CCC1)c1cc(-c3ccccc3)c(C(C)(C)C)cc1-2. The van der Waals surface area contributed by atoms with Crippen LogP contribution in [0.15, 0.2) is 106 Å². The fraction of sp³-hybridized carbons (Fsp3) is 0.310. The summed E-state index contributed by atoms with van der Waals surface area (Å²) in [6.45, 7) is 14.3. The molecule has 0 aliphatic heterocycles. The van der Waals surface area contributed by atoms with Gasteiger partial charge in [0.15, 0.2) is 0 Å². The summed E-state index contributed by atoms with van der Waals surface area (Å²) in [4.78, 5) is 0. The van der Waals surface area contributed by atoms with Gasteiger partial charge in [0.1, 0.15) is 0 Å². The Morgan fingerprint density at radius 1 is 0.605 bits per heavy atom. The summed E-state index contributed by atoms with van der Waals surface area (Å²) in [5, 5.41) is 0. The van der Waals surface area contributed by atoms with Crippen LogP contribution in [0.5, 0.6) is 0 Å². The molecule has 0 radical (unpaired) electrons. The Morgan fingerprint density at radius 2 is 1.09 bits per heavy atom. The molecule has 4 aromatic carbocycles. The van der Waals surface area contributed by atoms with Gasteiger partial charge in [-0.15, -0.1) is 0 Å². The molecule has 1 saturated carbocycles. The number of hydrogen-bond donors (Lipinski definition) is 0. The molecule has 0 saturated heterocycles. The molecule has 0 unspecified atom stereocenters. The molecule has 0 atom stereocenters. The fourth-order valence-corrected chi connectivity index (χ4v) is 16.9. The van der Waals surface area contributed by atoms with Crippen LogP contribution in [-0.2, 0) is 32.1 Å². The third-order valence-corrected chi connectivity index (χ3v) is 18.5. The zero-order valence-electron chi connectivity index (χ0n) is 26.7. The minimum absolute atomic E-state index is 0.0392. The summed E-state index contributed by atoms with van der Waals surface area (Å²) in [7, 11) is 0. The van der Waals surface area contributed by atoms with Crippen LogP contribution in [0.25, 0.3) is 33.4 Å². The molecule has 7 rings (SSSR count). The first kappa shape index (κ1) is 28.9. The normalized spacial score (nSPS) is 16.1. The Bertz CT molecular complexity index is 1690. The van der Waals surface area contributed by atoms with Crippen LogP contribution in [0.1, 0.15) is 93.1 Å². The van der Waals surface area contributed by atoms with E-state index in [1.54, 1.807) is 14.4 Å². The van der Waals surface area contributed by atoms with Crippen molar-refractivity contribution in [3.63, 3.8) is 0 Å². The first-order valence-electron chi connectivity index (χ1n) is 16.2. The van der Waals surface area contributed by atoms with Crippen LogP contribution in [-0.4, -0.2) is 3.21 Å². The number of fused-ring (bicyclic) bond motifs is 3. The summed E-state index contributed by atoms with van der Waals surface area (Å²) in [6, 6.07) is 32.8. The molecule has 0 heterocycles. The van der Waals surface area contributed by atoms with Gasteiger partial charge in [-0.25, -0.2) is 0 Å².